The molecule has 0 spiro atoms. The van der Waals surface area contributed by atoms with Crippen LogP contribution in [0.3, 0.4) is 0 Å². The molecule has 0 aliphatic heterocycles. The molecule has 0 unspecified atom stereocenters. The number of pyridine rings is 1. The lowest BCUT2D eigenvalue weighted by atomic mass is 10.3. The summed E-state index contributed by atoms with van der Waals surface area (Å²) in [5.74, 6) is -0.791. The number of amides is 1. The van der Waals surface area contributed by atoms with Crippen molar-refractivity contribution in [3.8, 4) is 0 Å². The van der Waals surface area contributed by atoms with Gasteiger partial charge in [-0.05, 0) is 12.1 Å². The first-order chi connectivity index (χ1) is 5.70. The van der Waals surface area contributed by atoms with E-state index in [1.54, 1.807) is 12.1 Å². The molecule has 0 saturated heterocycles. The number of hydrogen-bond donors (Lipinski definition) is 2. The molecule has 0 atom stereocenters. The highest BCUT2D eigenvalue weighted by Crippen LogP contribution is 1.94. The number of guanidine groups is 1. The molecule has 0 aromatic carbocycles. The number of nitrogens with two attached hydrogens (primary N) is 2. The number of nitrogens with zero attached hydrogens (tertiary/aromatic N) is 2. The predicted molar refractivity (Wildman–Crippen MR) is 51.6 cm³/mol. The van der Waals surface area contributed by atoms with Gasteiger partial charge < -0.3 is 11.5 Å². The number of hydrogen-bond acceptors (Lipinski definition) is 2. The third kappa shape index (κ3) is 3.53. The Morgan fingerprint density at radius 2 is 2.08 bits per heavy atom. The SMILES string of the molecule is Cl.NC(N)=NC(=O)c1ccccn1. The molecule has 1 aromatic rings. The third-order valence-corrected chi connectivity index (χ3v) is 1.11. The van der Waals surface area contributed by atoms with Crippen LogP contribution in [0.1, 0.15) is 10.5 Å². The molecule has 5 nitrogen and oxygen atoms in total. The lowest BCUT2D eigenvalue weighted by Gasteiger charge is -1.92. The highest BCUT2D eigenvalue weighted by atomic mass is 35.5. The standard InChI is InChI=1S/C7H8N4O.ClH/c8-7(9)11-6(12)5-3-1-2-4-10-5;/h1-4H,(H4,8,9,11,12);1H. The van der Waals surface area contributed by atoms with Crippen molar-refractivity contribution in [2.75, 3.05) is 0 Å². The highest BCUT2D eigenvalue weighted by Gasteiger charge is 2.03. The van der Waals surface area contributed by atoms with Crippen LogP contribution < -0.4 is 11.5 Å². The Hall–Kier alpha value is -1.62. The second-order valence-corrected chi connectivity index (χ2v) is 2.06. The van der Waals surface area contributed by atoms with Gasteiger partial charge in [0.2, 0.25) is 0 Å². The van der Waals surface area contributed by atoms with Gasteiger partial charge in [0.1, 0.15) is 5.69 Å². The Morgan fingerprint density at radius 3 is 2.54 bits per heavy atom. The fraction of sp³-hybridized carbons (Fsp3) is 0. The minimum atomic E-state index is -0.532. The second-order valence-electron chi connectivity index (χ2n) is 2.06. The van der Waals surface area contributed by atoms with Gasteiger partial charge in [0.15, 0.2) is 5.96 Å². The van der Waals surface area contributed by atoms with E-state index in [0.717, 1.165) is 0 Å². The van der Waals surface area contributed by atoms with Gasteiger partial charge >= 0.3 is 0 Å². The number of carbonyl (C=O) groups is 1. The summed E-state index contributed by atoms with van der Waals surface area (Å²) in [6.07, 6.45) is 1.50. The maximum Gasteiger partial charge on any atom is 0.298 e. The van der Waals surface area contributed by atoms with Crippen LogP contribution >= 0.6 is 12.4 Å². The van der Waals surface area contributed by atoms with Gasteiger partial charge in [-0.1, -0.05) is 6.07 Å². The quantitative estimate of drug-likeness (QED) is 0.490. The minimum absolute atomic E-state index is 0. The van der Waals surface area contributed by atoms with Gasteiger partial charge in [-0.3, -0.25) is 9.78 Å². The molecule has 6 heteroatoms. The summed E-state index contributed by atoms with van der Waals surface area (Å²) in [5.41, 5.74) is 10.2. The first-order valence-electron chi connectivity index (χ1n) is 3.25. The molecule has 4 N–H and O–H groups in total. The second kappa shape index (κ2) is 5.10. The van der Waals surface area contributed by atoms with Crippen LogP contribution in [-0.4, -0.2) is 16.9 Å². The summed E-state index contributed by atoms with van der Waals surface area (Å²) in [7, 11) is 0. The van der Waals surface area contributed by atoms with E-state index >= 15 is 0 Å². The van der Waals surface area contributed by atoms with E-state index in [9.17, 15) is 4.79 Å². The number of aliphatic imine (C=N–C) groups is 1. The van der Waals surface area contributed by atoms with Gasteiger partial charge in [-0.15, -0.1) is 12.4 Å². The van der Waals surface area contributed by atoms with E-state index in [0.29, 0.717) is 0 Å². The van der Waals surface area contributed by atoms with Gasteiger partial charge in [-0.2, -0.15) is 4.99 Å². The Morgan fingerprint density at radius 1 is 1.38 bits per heavy atom. The van der Waals surface area contributed by atoms with Crippen molar-refractivity contribution in [2.24, 2.45) is 16.5 Å². The number of carbonyl (C=O) groups excluding carboxylic acids is 1. The summed E-state index contributed by atoms with van der Waals surface area (Å²) in [4.78, 5) is 18.1. The topological polar surface area (TPSA) is 94.4 Å². The van der Waals surface area contributed by atoms with Gasteiger partial charge in [0.25, 0.3) is 5.91 Å². The van der Waals surface area contributed by atoms with Crippen molar-refractivity contribution in [3.63, 3.8) is 0 Å². The van der Waals surface area contributed by atoms with Crippen LogP contribution in [0.5, 0.6) is 0 Å². The molecule has 0 bridgehead atoms. The van der Waals surface area contributed by atoms with Crippen LogP contribution in [0.4, 0.5) is 0 Å². The Balaban J connectivity index is 0.00000144. The fourth-order valence-corrected chi connectivity index (χ4v) is 0.664. The lowest BCUT2D eigenvalue weighted by Crippen LogP contribution is -2.24. The van der Waals surface area contributed by atoms with E-state index in [1.165, 1.54) is 12.3 Å². The van der Waals surface area contributed by atoms with Crippen molar-refractivity contribution >= 4 is 24.3 Å². The van der Waals surface area contributed by atoms with Crippen molar-refractivity contribution in [1.82, 2.24) is 4.98 Å². The van der Waals surface area contributed by atoms with Crippen molar-refractivity contribution in [2.45, 2.75) is 0 Å². The maximum absolute atomic E-state index is 11.0. The molecule has 0 radical (unpaired) electrons. The molecule has 1 heterocycles. The summed E-state index contributed by atoms with van der Waals surface area (Å²) < 4.78 is 0. The van der Waals surface area contributed by atoms with Crippen LogP contribution in [0, 0.1) is 0 Å². The average Bonchev–Trinajstić information content (AvgIpc) is 2.05. The summed E-state index contributed by atoms with van der Waals surface area (Å²) >= 11 is 0. The minimum Gasteiger partial charge on any atom is -0.370 e. The fourth-order valence-electron chi connectivity index (χ4n) is 0.664. The summed E-state index contributed by atoms with van der Waals surface area (Å²) in [6, 6.07) is 4.92. The Labute approximate surface area is 81.3 Å². The largest absolute Gasteiger partial charge is 0.370 e. The zero-order valence-electron chi connectivity index (χ0n) is 6.68. The first kappa shape index (κ1) is 11.4. The van der Waals surface area contributed by atoms with Crippen LogP contribution in [0.25, 0.3) is 0 Å². The molecule has 1 aromatic heterocycles. The van der Waals surface area contributed by atoms with E-state index in [2.05, 4.69) is 9.98 Å². The third-order valence-electron chi connectivity index (χ3n) is 1.11. The van der Waals surface area contributed by atoms with E-state index in [4.69, 9.17) is 11.5 Å². The van der Waals surface area contributed by atoms with Crippen LogP contribution in [-0.2, 0) is 0 Å². The highest BCUT2D eigenvalue weighted by molar-refractivity contribution is 6.00. The first-order valence-corrected chi connectivity index (χ1v) is 3.25. The maximum atomic E-state index is 11.0. The molecule has 1 rings (SSSR count). The van der Waals surface area contributed by atoms with Crippen LogP contribution in [0.2, 0.25) is 0 Å². The Kier molecular flexibility index (Phi) is 4.47. The van der Waals surface area contributed by atoms with E-state index < -0.39 is 5.91 Å². The molecule has 13 heavy (non-hydrogen) atoms. The zero-order valence-corrected chi connectivity index (χ0v) is 7.49. The van der Waals surface area contributed by atoms with Crippen molar-refractivity contribution in [3.05, 3.63) is 30.1 Å². The molecule has 0 saturated carbocycles. The van der Waals surface area contributed by atoms with Crippen molar-refractivity contribution in [1.29, 1.82) is 0 Å². The summed E-state index contributed by atoms with van der Waals surface area (Å²) in [6.45, 7) is 0. The van der Waals surface area contributed by atoms with Gasteiger partial charge in [-0.25, -0.2) is 0 Å². The lowest BCUT2D eigenvalue weighted by molar-refractivity contribution is 0.0998. The number of rotatable bonds is 1. The van der Waals surface area contributed by atoms with Crippen molar-refractivity contribution < 1.29 is 4.79 Å². The normalized spacial score (nSPS) is 8.31. The summed E-state index contributed by atoms with van der Waals surface area (Å²) in [5, 5.41) is 0. The molecule has 0 aliphatic rings. The molecule has 1 amide bonds. The zero-order chi connectivity index (χ0) is 8.97. The molecular formula is C7H9ClN4O. The Bertz CT molecular complexity index is 308. The molecule has 0 fully saturated rings. The van der Waals surface area contributed by atoms with Gasteiger partial charge in [0, 0.05) is 6.20 Å². The monoisotopic (exact) mass is 200 g/mol. The predicted octanol–water partition coefficient (Wildman–Crippen LogP) is -0.0830. The van der Waals surface area contributed by atoms with E-state index in [-0.39, 0.29) is 24.1 Å². The number of halogens is 1. The smallest absolute Gasteiger partial charge is 0.298 e. The van der Waals surface area contributed by atoms with Crippen LogP contribution in [0.15, 0.2) is 29.4 Å². The molecule has 0 aliphatic carbocycles. The molecular weight excluding hydrogens is 192 g/mol. The molecule has 70 valence electrons. The van der Waals surface area contributed by atoms with E-state index in [1.807, 2.05) is 0 Å². The number of aromatic nitrogens is 1. The van der Waals surface area contributed by atoms with Gasteiger partial charge in [0.05, 0.1) is 0 Å². The average molecular weight is 201 g/mol.